The number of carbonyl (C=O) groups is 3. The van der Waals surface area contributed by atoms with Crippen LogP contribution in [-0.2, 0) is 23.9 Å². The topological polar surface area (TPSA) is 116 Å². The fourth-order valence-electron chi connectivity index (χ4n) is 3.69. The van der Waals surface area contributed by atoms with Gasteiger partial charge in [-0.2, -0.15) is 0 Å². The smallest absolute Gasteiger partial charge is 0.345 e. The van der Waals surface area contributed by atoms with Gasteiger partial charge in [0.25, 0.3) is 0 Å². The summed E-state index contributed by atoms with van der Waals surface area (Å²) in [5, 5.41) is 8.81. The molecule has 162 valence electrons. The number of carbonyl (C=O) groups excluding carboxylic acids is 2. The van der Waals surface area contributed by atoms with Gasteiger partial charge in [-0.15, -0.1) is 0 Å². The zero-order chi connectivity index (χ0) is 22.4. The Morgan fingerprint density at radius 2 is 1.55 bits per heavy atom. The summed E-state index contributed by atoms with van der Waals surface area (Å²) in [6.07, 6.45) is 1.12. The molecule has 1 atom stereocenters. The van der Waals surface area contributed by atoms with Crippen molar-refractivity contribution in [2.24, 2.45) is 5.73 Å². The van der Waals surface area contributed by atoms with Crippen LogP contribution in [0.25, 0.3) is 11.1 Å². The molecule has 2 aromatic rings. The Balaban J connectivity index is 1.78. The third-order valence-electron chi connectivity index (χ3n) is 5.13. The van der Waals surface area contributed by atoms with E-state index in [1.54, 1.807) is 6.92 Å². The Labute approximate surface area is 180 Å². The van der Waals surface area contributed by atoms with Crippen molar-refractivity contribution in [1.82, 2.24) is 0 Å². The van der Waals surface area contributed by atoms with Crippen molar-refractivity contribution in [2.75, 3.05) is 13.2 Å². The molecule has 0 aromatic heterocycles. The standard InChI is InChI=1S/C24H25NO6/c1-2-30-23(28)20(13-15(25)11-12-22(26)27)24(29)31-14-21-18-9-5-3-7-16(18)17-8-4-6-10-19(17)21/h3-10,13,15,21H,2,11-12,14,25H2,1H3,(H,26,27). The molecule has 0 saturated heterocycles. The first-order valence-corrected chi connectivity index (χ1v) is 10.1. The van der Waals surface area contributed by atoms with Crippen LogP contribution in [0, 0.1) is 0 Å². The van der Waals surface area contributed by atoms with Gasteiger partial charge in [0, 0.05) is 18.4 Å². The lowest BCUT2D eigenvalue weighted by atomic mass is 9.98. The Kier molecular flexibility index (Phi) is 7.20. The molecular weight excluding hydrogens is 398 g/mol. The van der Waals surface area contributed by atoms with Gasteiger partial charge in [-0.1, -0.05) is 48.5 Å². The molecule has 0 radical (unpaired) electrons. The van der Waals surface area contributed by atoms with E-state index in [1.807, 2.05) is 48.5 Å². The van der Waals surface area contributed by atoms with Gasteiger partial charge in [0.2, 0.25) is 0 Å². The van der Waals surface area contributed by atoms with Crippen molar-refractivity contribution in [3.05, 3.63) is 71.3 Å². The van der Waals surface area contributed by atoms with Crippen LogP contribution in [0.2, 0.25) is 0 Å². The van der Waals surface area contributed by atoms with E-state index in [0.29, 0.717) is 0 Å². The number of benzene rings is 2. The second-order valence-electron chi connectivity index (χ2n) is 7.22. The molecule has 1 unspecified atom stereocenters. The molecule has 0 amide bonds. The summed E-state index contributed by atoms with van der Waals surface area (Å²) in [5.41, 5.74) is 9.86. The van der Waals surface area contributed by atoms with Gasteiger partial charge >= 0.3 is 17.9 Å². The van der Waals surface area contributed by atoms with Crippen molar-refractivity contribution in [1.29, 1.82) is 0 Å². The highest BCUT2D eigenvalue weighted by Crippen LogP contribution is 2.44. The van der Waals surface area contributed by atoms with E-state index in [9.17, 15) is 14.4 Å². The van der Waals surface area contributed by atoms with Crippen LogP contribution in [0.15, 0.2) is 60.2 Å². The van der Waals surface area contributed by atoms with Gasteiger partial charge in [0.05, 0.1) is 6.61 Å². The van der Waals surface area contributed by atoms with Crippen LogP contribution in [-0.4, -0.2) is 42.3 Å². The molecule has 3 rings (SSSR count). The zero-order valence-electron chi connectivity index (χ0n) is 17.2. The monoisotopic (exact) mass is 423 g/mol. The summed E-state index contributed by atoms with van der Waals surface area (Å²) in [5.74, 6) is -2.85. The molecule has 3 N–H and O–H groups in total. The minimum Gasteiger partial charge on any atom is -0.481 e. The lowest BCUT2D eigenvalue weighted by Crippen LogP contribution is -2.25. The van der Waals surface area contributed by atoms with Crippen LogP contribution < -0.4 is 5.73 Å². The van der Waals surface area contributed by atoms with Gasteiger partial charge in [0.1, 0.15) is 12.2 Å². The second-order valence-corrected chi connectivity index (χ2v) is 7.22. The summed E-state index contributed by atoms with van der Waals surface area (Å²) in [7, 11) is 0. The van der Waals surface area contributed by atoms with Gasteiger partial charge < -0.3 is 20.3 Å². The first-order valence-electron chi connectivity index (χ1n) is 10.1. The fraction of sp³-hybridized carbons (Fsp3) is 0.292. The van der Waals surface area contributed by atoms with E-state index in [0.717, 1.165) is 22.3 Å². The maximum atomic E-state index is 12.8. The zero-order valence-corrected chi connectivity index (χ0v) is 17.2. The predicted molar refractivity (Wildman–Crippen MR) is 114 cm³/mol. The summed E-state index contributed by atoms with van der Waals surface area (Å²) in [6, 6.07) is 15.1. The quantitative estimate of drug-likeness (QED) is 0.276. The number of esters is 2. The van der Waals surface area contributed by atoms with Crippen molar-refractivity contribution in [2.45, 2.75) is 31.7 Å². The van der Waals surface area contributed by atoms with Gasteiger partial charge in [-0.25, -0.2) is 9.59 Å². The maximum absolute atomic E-state index is 12.8. The van der Waals surface area contributed by atoms with Crippen LogP contribution in [0.3, 0.4) is 0 Å². The predicted octanol–water partition coefficient (Wildman–Crippen LogP) is 3.02. The number of hydrogen-bond acceptors (Lipinski definition) is 6. The molecule has 0 bridgehead atoms. The van der Waals surface area contributed by atoms with Crippen molar-refractivity contribution in [3.8, 4) is 11.1 Å². The molecule has 0 saturated carbocycles. The number of ether oxygens (including phenoxy) is 2. The Hall–Kier alpha value is -3.45. The molecule has 0 aliphatic heterocycles. The fourth-order valence-corrected chi connectivity index (χ4v) is 3.69. The average molecular weight is 423 g/mol. The van der Waals surface area contributed by atoms with Crippen molar-refractivity contribution < 1.29 is 29.0 Å². The molecule has 2 aromatic carbocycles. The molecule has 1 aliphatic rings. The average Bonchev–Trinajstić information content (AvgIpc) is 3.08. The lowest BCUT2D eigenvalue weighted by molar-refractivity contribution is -0.147. The van der Waals surface area contributed by atoms with Crippen LogP contribution in [0.5, 0.6) is 0 Å². The van der Waals surface area contributed by atoms with Gasteiger partial charge in [-0.05, 0) is 41.7 Å². The van der Waals surface area contributed by atoms with Gasteiger partial charge in [0.15, 0.2) is 0 Å². The molecule has 0 heterocycles. The summed E-state index contributed by atoms with van der Waals surface area (Å²) >= 11 is 0. The number of carboxylic acids is 1. The second kappa shape index (κ2) is 10.0. The Morgan fingerprint density at radius 1 is 1.00 bits per heavy atom. The third kappa shape index (κ3) is 5.19. The summed E-state index contributed by atoms with van der Waals surface area (Å²) in [4.78, 5) is 35.8. The van der Waals surface area contributed by atoms with Gasteiger partial charge in [-0.3, -0.25) is 4.79 Å². The van der Waals surface area contributed by atoms with E-state index in [2.05, 4.69) is 0 Å². The number of nitrogens with two attached hydrogens (primary N) is 1. The number of aliphatic carboxylic acids is 1. The highest BCUT2D eigenvalue weighted by atomic mass is 16.6. The first kappa shape index (κ1) is 22.2. The number of fused-ring (bicyclic) bond motifs is 3. The molecule has 7 heteroatoms. The lowest BCUT2D eigenvalue weighted by Gasteiger charge is -2.15. The van der Waals surface area contributed by atoms with E-state index in [4.69, 9.17) is 20.3 Å². The Morgan fingerprint density at radius 3 is 2.10 bits per heavy atom. The molecule has 31 heavy (non-hydrogen) atoms. The summed E-state index contributed by atoms with van der Waals surface area (Å²) < 4.78 is 10.5. The van der Waals surface area contributed by atoms with Crippen LogP contribution in [0.1, 0.15) is 36.8 Å². The molecule has 1 aliphatic carbocycles. The molecular formula is C24H25NO6. The van der Waals surface area contributed by atoms with E-state index >= 15 is 0 Å². The highest BCUT2D eigenvalue weighted by Gasteiger charge is 2.30. The Bertz CT molecular complexity index is 967. The molecule has 0 spiro atoms. The number of hydrogen-bond donors (Lipinski definition) is 2. The highest BCUT2D eigenvalue weighted by molar-refractivity contribution is 6.14. The SMILES string of the molecule is CCOC(=O)C(=CC(N)CCC(=O)O)C(=O)OCC1c2ccccc2-c2ccccc21. The largest absolute Gasteiger partial charge is 0.481 e. The summed E-state index contributed by atoms with van der Waals surface area (Å²) in [6.45, 7) is 1.75. The van der Waals surface area contributed by atoms with Crippen molar-refractivity contribution >= 4 is 17.9 Å². The third-order valence-corrected chi connectivity index (χ3v) is 5.13. The minimum atomic E-state index is -1.01. The number of carboxylic acid groups (broad SMARTS) is 1. The van der Waals surface area contributed by atoms with Crippen molar-refractivity contribution in [3.63, 3.8) is 0 Å². The van der Waals surface area contributed by atoms with Crippen LogP contribution >= 0.6 is 0 Å². The van der Waals surface area contributed by atoms with Crippen LogP contribution in [0.4, 0.5) is 0 Å². The van der Waals surface area contributed by atoms with E-state index in [1.165, 1.54) is 6.08 Å². The first-order chi connectivity index (χ1) is 14.9. The molecule has 7 nitrogen and oxygen atoms in total. The molecule has 0 fully saturated rings. The number of rotatable bonds is 9. The van der Waals surface area contributed by atoms with E-state index < -0.39 is 23.9 Å². The maximum Gasteiger partial charge on any atom is 0.345 e. The van der Waals surface area contributed by atoms with E-state index in [-0.39, 0.29) is 37.5 Å². The normalized spacial score (nSPS) is 13.8. The minimum absolute atomic E-state index is 0.0496.